The molecule has 0 aliphatic rings. The van der Waals surface area contributed by atoms with Gasteiger partial charge in [-0.3, -0.25) is 9.48 Å². The van der Waals surface area contributed by atoms with E-state index in [1.54, 1.807) is 35.3 Å². The first-order valence-corrected chi connectivity index (χ1v) is 6.74. The molecule has 0 radical (unpaired) electrons. The third-order valence-electron chi connectivity index (χ3n) is 2.45. The lowest BCUT2D eigenvalue weighted by atomic mass is 10.2. The predicted octanol–water partition coefficient (Wildman–Crippen LogP) is 2.31. The van der Waals surface area contributed by atoms with Gasteiger partial charge in [-0.2, -0.15) is 5.10 Å². The van der Waals surface area contributed by atoms with Crippen LogP contribution in [0.25, 0.3) is 0 Å². The molecular weight excluding hydrogens is 332 g/mol. The molecule has 0 aliphatic carbocycles. The first kappa shape index (κ1) is 13.9. The predicted molar refractivity (Wildman–Crippen MR) is 78.1 cm³/mol. The maximum Gasteiger partial charge on any atom is 0.252 e. The van der Waals surface area contributed by atoms with Crippen molar-refractivity contribution in [1.82, 2.24) is 15.1 Å². The second kappa shape index (κ2) is 6.08. The molecule has 1 aromatic heterocycles. The van der Waals surface area contributed by atoms with E-state index in [0.717, 1.165) is 0 Å². The lowest BCUT2D eigenvalue weighted by Gasteiger charge is -2.07. The van der Waals surface area contributed by atoms with Crippen molar-refractivity contribution in [3.05, 3.63) is 45.7 Å². The zero-order chi connectivity index (χ0) is 13.8. The van der Waals surface area contributed by atoms with Crippen LogP contribution >= 0.6 is 27.5 Å². The van der Waals surface area contributed by atoms with E-state index in [4.69, 9.17) is 17.3 Å². The fraction of sp³-hybridized carbons (Fsp3) is 0.167. The van der Waals surface area contributed by atoms with Crippen LogP contribution in [0.1, 0.15) is 10.4 Å². The van der Waals surface area contributed by atoms with Crippen LogP contribution in [0.3, 0.4) is 0 Å². The zero-order valence-electron chi connectivity index (χ0n) is 9.94. The summed E-state index contributed by atoms with van der Waals surface area (Å²) in [5, 5.41) is 7.34. The molecule has 100 valence electrons. The molecule has 0 saturated carbocycles. The van der Waals surface area contributed by atoms with Crippen molar-refractivity contribution in [3.63, 3.8) is 0 Å². The Morgan fingerprint density at radius 1 is 1.53 bits per heavy atom. The van der Waals surface area contributed by atoms with E-state index in [9.17, 15) is 4.79 Å². The topological polar surface area (TPSA) is 72.9 Å². The summed E-state index contributed by atoms with van der Waals surface area (Å²) in [6, 6.07) is 5.08. The van der Waals surface area contributed by atoms with E-state index in [2.05, 4.69) is 26.3 Å². The average molecular weight is 344 g/mol. The molecule has 0 saturated heterocycles. The number of anilines is 1. The van der Waals surface area contributed by atoms with Crippen molar-refractivity contribution in [2.75, 3.05) is 12.3 Å². The molecule has 3 N–H and O–H groups in total. The molecule has 2 rings (SSSR count). The summed E-state index contributed by atoms with van der Waals surface area (Å²) < 4.78 is 2.38. The van der Waals surface area contributed by atoms with Crippen LogP contribution in [0, 0.1) is 0 Å². The number of halogens is 2. The normalized spacial score (nSPS) is 10.4. The zero-order valence-corrected chi connectivity index (χ0v) is 12.3. The van der Waals surface area contributed by atoms with Crippen molar-refractivity contribution in [1.29, 1.82) is 0 Å². The van der Waals surface area contributed by atoms with Crippen molar-refractivity contribution in [3.8, 4) is 0 Å². The molecule has 0 spiro atoms. The Bertz CT molecular complexity index is 599. The molecule has 1 heterocycles. The number of hydrogen-bond donors (Lipinski definition) is 2. The highest BCUT2D eigenvalue weighted by Gasteiger charge is 2.10. The molecule has 1 aromatic carbocycles. The standard InChI is InChI=1S/C12H12BrClN4O/c13-11-2-1-8(14)5-10(11)12(19)16-3-4-18-7-9(15)6-17-18/h1-2,5-7H,3-4,15H2,(H,16,19). The number of nitrogens with two attached hydrogens (primary N) is 1. The minimum atomic E-state index is -0.186. The summed E-state index contributed by atoms with van der Waals surface area (Å²) in [6.07, 6.45) is 3.27. The summed E-state index contributed by atoms with van der Waals surface area (Å²) in [5.74, 6) is -0.186. The highest BCUT2D eigenvalue weighted by molar-refractivity contribution is 9.10. The lowest BCUT2D eigenvalue weighted by Crippen LogP contribution is -2.27. The molecule has 1 amide bonds. The van der Waals surface area contributed by atoms with Gasteiger partial charge in [-0.25, -0.2) is 0 Å². The van der Waals surface area contributed by atoms with Gasteiger partial charge in [0.2, 0.25) is 0 Å². The number of carbonyl (C=O) groups excluding carboxylic acids is 1. The molecule has 0 fully saturated rings. The Hall–Kier alpha value is -1.53. The van der Waals surface area contributed by atoms with E-state index in [0.29, 0.717) is 33.8 Å². The molecule has 0 atom stereocenters. The van der Waals surface area contributed by atoms with Crippen LogP contribution < -0.4 is 11.1 Å². The quantitative estimate of drug-likeness (QED) is 0.895. The van der Waals surface area contributed by atoms with E-state index < -0.39 is 0 Å². The lowest BCUT2D eigenvalue weighted by molar-refractivity contribution is 0.0951. The first-order valence-electron chi connectivity index (χ1n) is 5.57. The second-order valence-electron chi connectivity index (χ2n) is 3.92. The van der Waals surface area contributed by atoms with Gasteiger partial charge in [0.25, 0.3) is 5.91 Å². The summed E-state index contributed by atoms with van der Waals surface area (Å²) >= 11 is 9.18. The van der Waals surface area contributed by atoms with Gasteiger partial charge < -0.3 is 11.1 Å². The number of benzene rings is 1. The number of nitrogens with zero attached hydrogens (tertiary/aromatic N) is 2. The maximum absolute atomic E-state index is 12.0. The Labute approximate surface area is 123 Å². The van der Waals surface area contributed by atoms with Crippen molar-refractivity contribution in [2.24, 2.45) is 0 Å². The number of amides is 1. The monoisotopic (exact) mass is 342 g/mol. The summed E-state index contributed by atoms with van der Waals surface area (Å²) in [7, 11) is 0. The van der Waals surface area contributed by atoms with Crippen LogP contribution in [0.15, 0.2) is 35.1 Å². The molecular formula is C12H12BrClN4O. The van der Waals surface area contributed by atoms with Crippen LogP contribution in [0.5, 0.6) is 0 Å². The van der Waals surface area contributed by atoms with Gasteiger partial charge in [0.15, 0.2) is 0 Å². The summed E-state index contributed by atoms with van der Waals surface area (Å²) in [4.78, 5) is 12.0. The summed E-state index contributed by atoms with van der Waals surface area (Å²) in [5.41, 5.74) is 6.65. The highest BCUT2D eigenvalue weighted by Crippen LogP contribution is 2.20. The Balaban J connectivity index is 1.92. The van der Waals surface area contributed by atoms with Gasteiger partial charge in [0.1, 0.15) is 0 Å². The number of carbonyl (C=O) groups is 1. The number of nitrogens with one attached hydrogen (secondary N) is 1. The third-order valence-corrected chi connectivity index (χ3v) is 3.38. The molecule has 2 aromatic rings. The fourth-order valence-electron chi connectivity index (χ4n) is 1.55. The van der Waals surface area contributed by atoms with Gasteiger partial charge in [0, 0.05) is 22.2 Å². The van der Waals surface area contributed by atoms with Crippen molar-refractivity contribution in [2.45, 2.75) is 6.54 Å². The van der Waals surface area contributed by atoms with E-state index in [-0.39, 0.29) is 5.91 Å². The molecule has 0 aliphatic heterocycles. The van der Waals surface area contributed by atoms with Crippen molar-refractivity contribution < 1.29 is 4.79 Å². The average Bonchev–Trinajstić information content (AvgIpc) is 2.78. The second-order valence-corrected chi connectivity index (χ2v) is 5.21. The molecule has 19 heavy (non-hydrogen) atoms. The first-order chi connectivity index (χ1) is 9.06. The smallest absolute Gasteiger partial charge is 0.252 e. The van der Waals surface area contributed by atoms with Crippen LogP contribution in [-0.4, -0.2) is 22.2 Å². The van der Waals surface area contributed by atoms with E-state index in [1.165, 1.54) is 0 Å². The van der Waals surface area contributed by atoms with Crippen LogP contribution in [0.4, 0.5) is 5.69 Å². The number of rotatable bonds is 4. The largest absolute Gasteiger partial charge is 0.396 e. The van der Waals surface area contributed by atoms with E-state index >= 15 is 0 Å². The Kier molecular flexibility index (Phi) is 4.44. The van der Waals surface area contributed by atoms with Gasteiger partial charge in [-0.1, -0.05) is 11.6 Å². The number of aromatic nitrogens is 2. The third kappa shape index (κ3) is 3.71. The minimum Gasteiger partial charge on any atom is -0.396 e. The van der Waals surface area contributed by atoms with Crippen molar-refractivity contribution >= 4 is 39.1 Å². The fourth-order valence-corrected chi connectivity index (χ4v) is 2.15. The Morgan fingerprint density at radius 2 is 2.32 bits per heavy atom. The van der Waals surface area contributed by atoms with Gasteiger partial charge in [-0.05, 0) is 34.1 Å². The highest BCUT2D eigenvalue weighted by atomic mass is 79.9. The summed E-state index contributed by atoms with van der Waals surface area (Å²) in [6.45, 7) is 1.01. The van der Waals surface area contributed by atoms with Crippen LogP contribution in [-0.2, 0) is 6.54 Å². The molecule has 7 heteroatoms. The van der Waals surface area contributed by atoms with Gasteiger partial charge >= 0.3 is 0 Å². The Morgan fingerprint density at radius 3 is 3.00 bits per heavy atom. The maximum atomic E-state index is 12.0. The van der Waals surface area contributed by atoms with Gasteiger partial charge in [0.05, 0.1) is 24.0 Å². The SMILES string of the molecule is Nc1cnn(CCNC(=O)c2cc(Cl)ccc2Br)c1. The van der Waals surface area contributed by atoms with Crippen LogP contribution in [0.2, 0.25) is 5.02 Å². The molecule has 0 bridgehead atoms. The molecule has 5 nitrogen and oxygen atoms in total. The minimum absolute atomic E-state index is 0.186. The van der Waals surface area contributed by atoms with Gasteiger partial charge in [-0.15, -0.1) is 0 Å². The number of hydrogen-bond acceptors (Lipinski definition) is 3. The van der Waals surface area contributed by atoms with E-state index in [1.807, 2.05) is 0 Å². The molecule has 0 unspecified atom stereocenters. The number of nitrogen functional groups attached to an aromatic ring is 1.